The molecule has 2 heterocycles. The van der Waals surface area contributed by atoms with Gasteiger partial charge in [-0.15, -0.1) is 0 Å². The summed E-state index contributed by atoms with van der Waals surface area (Å²) in [6.07, 6.45) is 0. The fraction of sp³-hybridized carbons (Fsp3) is 0.0400. The van der Waals surface area contributed by atoms with Crippen molar-refractivity contribution in [2.45, 2.75) is 6.92 Å². The van der Waals surface area contributed by atoms with Gasteiger partial charge in [-0.2, -0.15) is 0 Å². The third-order valence-corrected chi connectivity index (χ3v) is 6.00. The molecule has 0 spiro atoms. The Kier molecular flexibility index (Phi) is 3.18. The van der Waals surface area contributed by atoms with Gasteiger partial charge in [0, 0.05) is 32.3 Å². The first-order chi connectivity index (χ1) is 13.7. The van der Waals surface area contributed by atoms with Crippen molar-refractivity contribution in [3.05, 3.63) is 89.4 Å². The van der Waals surface area contributed by atoms with E-state index in [0.29, 0.717) is 0 Å². The summed E-state index contributed by atoms with van der Waals surface area (Å²) >= 11 is 6.48. The van der Waals surface area contributed by atoms with Crippen LogP contribution in [0.4, 0.5) is 0 Å². The smallest absolute Gasteiger partial charge is 0.160 e. The topological polar surface area (TPSA) is 18.1 Å². The SMILES string of the molecule is Cc1ccc(-n2c3ccccc3c3ccc4c5ccccc5oc4c32)cc1Cl. The molecule has 6 aromatic rings. The molecule has 0 N–H and O–H groups in total. The van der Waals surface area contributed by atoms with Gasteiger partial charge in [0.2, 0.25) is 0 Å². The maximum absolute atomic E-state index is 6.48. The summed E-state index contributed by atoms with van der Waals surface area (Å²) in [7, 11) is 0. The molecule has 28 heavy (non-hydrogen) atoms. The molecule has 0 bridgehead atoms. The second-order valence-corrected chi connectivity index (χ2v) is 7.63. The van der Waals surface area contributed by atoms with Crippen LogP contribution in [0.2, 0.25) is 5.02 Å². The standard InChI is InChI=1S/C25H16ClNO/c1-15-10-11-16(14-21(15)26)27-22-8-4-2-6-17(22)19-12-13-20-18-7-3-5-9-23(18)28-25(20)24(19)27/h2-14H,1H3. The van der Waals surface area contributed by atoms with Crippen molar-refractivity contribution in [3.63, 3.8) is 0 Å². The van der Waals surface area contributed by atoms with Crippen LogP contribution in [0.25, 0.3) is 49.4 Å². The third-order valence-electron chi connectivity index (χ3n) is 5.59. The molecule has 0 unspecified atom stereocenters. The summed E-state index contributed by atoms with van der Waals surface area (Å²) in [5.74, 6) is 0. The Balaban J connectivity index is 1.88. The van der Waals surface area contributed by atoms with Crippen molar-refractivity contribution in [2.24, 2.45) is 0 Å². The lowest BCUT2D eigenvalue weighted by Gasteiger charge is -2.09. The molecule has 0 aliphatic rings. The van der Waals surface area contributed by atoms with E-state index >= 15 is 0 Å². The van der Waals surface area contributed by atoms with Crippen molar-refractivity contribution in [1.29, 1.82) is 0 Å². The molecule has 134 valence electrons. The normalized spacial score (nSPS) is 11.9. The maximum Gasteiger partial charge on any atom is 0.160 e. The molecule has 0 saturated carbocycles. The summed E-state index contributed by atoms with van der Waals surface area (Å²) in [4.78, 5) is 0. The molecule has 0 fully saturated rings. The van der Waals surface area contributed by atoms with Crippen LogP contribution in [0.15, 0.2) is 83.3 Å². The Morgan fingerprint density at radius 2 is 1.50 bits per heavy atom. The number of halogens is 1. The van der Waals surface area contributed by atoms with Crippen LogP contribution in [0.5, 0.6) is 0 Å². The number of rotatable bonds is 1. The zero-order chi connectivity index (χ0) is 18.8. The second-order valence-electron chi connectivity index (χ2n) is 7.22. The highest BCUT2D eigenvalue weighted by Gasteiger charge is 2.18. The molecule has 3 heteroatoms. The van der Waals surface area contributed by atoms with Crippen LogP contribution in [-0.2, 0) is 0 Å². The largest absolute Gasteiger partial charge is 0.454 e. The Morgan fingerprint density at radius 3 is 2.36 bits per heavy atom. The van der Waals surface area contributed by atoms with Crippen LogP contribution in [0.1, 0.15) is 5.56 Å². The first kappa shape index (κ1) is 15.8. The highest BCUT2D eigenvalue weighted by Crippen LogP contribution is 2.40. The molecule has 6 rings (SSSR count). The second kappa shape index (κ2) is 5.63. The lowest BCUT2D eigenvalue weighted by molar-refractivity contribution is 0.671. The van der Waals surface area contributed by atoms with Gasteiger partial charge in [0.15, 0.2) is 5.58 Å². The number of hydrogen-bond donors (Lipinski definition) is 0. The lowest BCUT2D eigenvalue weighted by atomic mass is 10.1. The monoisotopic (exact) mass is 381 g/mol. The van der Waals surface area contributed by atoms with Crippen LogP contribution in [0, 0.1) is 6.92 Å². The minimum Gasteiger partial charge on any atom is -0.454 e. The van der Waals surface area contributed by atoms with Gasteiger partial charge in [0.25, 0.3) is 0 Å². The fourth-order valence-electron chi connectivity index (χ4n) is 4.22. The van der Waals surface area contributed by atoms with Gasteiger partial charge in [-0.25, -0.2) is 0 Å². The highest BCUT2D eigenvalue weighted by atomic mass is 35.5. The molecule has 0 aliphatic heterocycles. The minimum absolute atomic E-state index is 0.764. The first-order valence-corrected chi connectivity index (χ1v) is 9.70. The van der Waals surface area contributed by atoms with Gasteiger partial charge in [0.1, 0.15) is 5.58 Å². The molecular formula is C25H16ClNO. The van der Waals surface area contributed by atoms with Gasteiger partial charge in [-0.3, -0.25) is 0 Å². The maximum atomic E-state index is 6.48. The predicted octanol–water partition coefficient (Wildman–Crippen LogP) is 7.64. The predicted molar refractivity (Wildman–Crippen MR) is 118 cm³/mol. The van der Waals surface area contributed by atoms with E-state index in [1.807, 2.05) is 25.1 Å². The average molecular weight is 382 g/mol. The number of benzene rings is 4. The van der Waals surface area contributed by atoms with Gasteiger partial charge in [-0.1, -0.05) is 60.1 Å². The summed E-state index contributed by atoms with van der Waals surface area (Å²) in [5.41, 5.74) is 6.14. The van der Waals surface area contributed by atoms with Gasteiger partial charge < -0.3 is 8.98 Å². The average Bonchev–Trinajstić information content (AvgIpc) is 3.26. The fourth-order valence-corrected chi connectivity index (χ4v) is 4.39. The summed E-state index contributed by atoms with van der Waals surface area (Å²) in [6.45, 7) is 2.02. The quantitative estimate of drug-likeness (QED) is 0.286. The van der Waals surface area contributed by atoms with Crippen LogP contribution in [0.3, 0.4) is 0 Å². The van der Waals surface area contributed by atoms with E-state index in [1.165, 1.54) is 10.8 Å². The Hall–Kier alpha value is -3.23. The van der Waals surface area contributed by atoms with Crippen LogP contribution in [-0.4, -0.2) is 4.57 Å². The van der Waals surface area contributed by atoms with Crippen molar-refractivity contribution < 1.29 is 4.42 Å². The minimum atomic E-state index is 0.764. The Morgan fingerprint density at radius 1 is 0.750 bits per heavy atom. The molecular weight excluding hydrogens is 366 g/mol. The van der Waals surface area contributed by atoms with Gasteiger partial charge in [0.05, 0.1) is 11.0 Å². The lowest BCUT2D eigenvalue weighted by Crippen LogP contribution is -1.94. The highest BCUT2D eigenvalue weighted by molar-refractivity contribution is 6.31. The van der Waals surface area contributed by atoms with E-state index in [2.05, 4.69) is 65.2 Å². The third kappa shape index (κ3) is 2.04. The van der Waals surface area contributed by atoms with Crippen molar-refractivity contribution in [3.8, 4) is 5.69 Å². The van der Waals surface area contributed by atoms with E-state index in [1.54, 1.807) is 0 Å². The summed E-state index contributed by atoms with van der Waals surface area (Å²) < 4.78 is 8.62. The van der Waals surface area contributed by atoms with E-state index in [0.717, 1.165) is 49.2 Å². The van der Waals surface area contributed by atoms with E-state index in [4.69, 9.17) is 16.0 Å². The van der Waals surface area contributed by atoms with E-state index in [-0.39, 0.29) is 0 Å². The number of fused-ring (bicyclic) bond motifs is 7. The van der Waals surface area contributed by atoms with Crippen LogP contribution >= 0.6 is 11.6 Å². The molecule has 4 aromatic carbocycles. The van der Waals surface area contributed by atoms with Gasteiger partial charge in [-0.05, 0) is 42.8 Å². The Bertz CT molecular complexity index is 1540. The van der Waals surface area contributed by atoms with Crippen molar-refractivity contribution in [1.82, 2.24) is 4.57 Å². The molecule has 2 aromatic heterocycles. The molecule has 0 amide bonds. The number of furan rings is 1. The van der Waals surface area contributed by atoms with Gasteiger partial charge >= 0.3 is 0 Å². The van der Waals surface area contributed by atoms with E-state index in [9.17, 15) is 0 Å². The molecule has 0 atom stereocenters. The van der Waals surface area contributed by atoms with Crippen molar-refractivity contribution in [2.75, 3.05) is 0 Å². The molecule has 0 radical (unpaired) electrons. The molecule has 2 nitrogen and oxygen atoms in total. The number of nitrogens with zero attached hydrogens (tertiary/aromatic N) is 1. The van der Waals surface area contributed by atoms with E-state index < -0.39 is 0 Å². The molecule has 0 saturated heterocycles. The summed E-state index contributed by atoms with van der Waals surface area (Å²) in [6, 6.07) is 27.3. The number of aryl methyl sites for hydroxylation is 1. The Labute approximate surface area is 166 Å². The molecule has 0 aliphatic carbocycles. The number of aromatic nitrogens is 1. The first-order valence-electron chi connectivity index (χ1n) is 9.32. The summed E-state index contributed by atoms with van der Waals surface area (Å²) in [5, 5.41) is 5.42. The zero-order valence-electron chi connectivity index (χ0n) is 15.2. The zero-order valence-corrected chi connectivity index (χ0v) is 16.0. The number of para-hydroxylation sites is 2. The number of hydrogen-bond acceptors (Lipinski definition) is 1. The van der Waals surface area contributed by atoms with Crippen LogP contribution < -0.4 is 0 Å². The van der Waals surface area contributed by atoms with Crippen molar-refractivity contribution >= 4 is 55.3 Å².